The summed E-state index contributed by atoms with van der Waals surface area (Å²) >= 11 is 0. The molecule has 96 valence electrons. The summed E-state index contributed by atoms with van der Waals surface area (Å²) in [4.78, 5) is 0. The quantitative estimate of drug-likeness (QED) is 0.730. The number of sulfone groups is 1. The van der Waals surface area contributed by atoms with Gasteiger partial charge in [0.2, 0.25) is 0 Å². The minimum absolute atomic E-state index is 0.372. The minimum Gasteiger partial charge on any atom is -0.314 e. The molecule has 1 saturated heterocycles. The molecule has 0 saturated carbocycles. The van der Waals surface area contributed by atoms with E-state index in [1.807, 2.05) is 0 Å². The summed E-state index contributed by atoms with van der Waals surface area (Å²) in [5.74, 6) is 1.53. The molecule has 0 atom stereocenters. The molecule has 1 fully saturated rings. The summed E-state index contributed by atoms with van der Waals surface area (Å²) in [6.45, 7) is 5.54. The first-order chi connectivity index (χ1) is 7.49. The number of rotatable bonds is 6. The van der Waals surface area contributed by atoms with Gasteiger partial charge in [-0.25, -0.2) is 8.42 Å². The summed E-state index contributed by atoms with van der Waals surface area (Å²) in [7, 11) is -2.70. The van der Waals surface area contributed by atoms with Gasteiger partial charge in [-0.3, -0.25) is 0 Å². The maximum atomic E-state index is 11.2. The van der Waals surface area contributed by atoms with Gasteiger partial charge in [-0.05, 0) is 31.7 Å². The Morgan fingerprint density at radius 2 is 1.81 bits per heavy atom. The first kappa shape index (κ1) is 14.0. The minimum atomic E-state index is -2.70. The van der Waals surface area contributed by atoms with Crippen LogP contribution in [0.3, 0.4) is 0 Å². The Bertz CT molecular complexity index is 271. The van der Waals surface area contributed by atoms with E-state index in [1.165, 1.54) is 19.3 Å². The molecular weight excluding hydrogens is 222 g/mol. The van der Waals surface area contributed by atoms with Crippen molar-refractivity contribution < 1.29 is 8.42 Å². The molecule has 1 aliphatic heterocycles. The Hall–Kier alpha value is -0.0900. The van der Waals surface area contributed by atoms with E-state index >= 15 is 0 Å². The zero-order valence-corrected chi connectivity index (χ0v) is 11.4. The van der Waals surface area contributed by atoms with Gasteiger partial charge < -0.3 is 5.32 Å². The summed E-state index contributed by atoms with van der Waals surface area (Å²) in [5.41, 5.74) is 0. The van der Waals surface area contributed by atoms with E-state index in [-0.39, 0.29) is 0 Å². The summed E-state index contributed by atoms with van der Waals surface area (Å²) < 4.78 is 22.4. The van der Waals surface area contributed by atoms with Crippen LogP contribution in [0.1, 0.15) is 46.0 Å². The van der Waals surface area contributed by atoms with Gasteiger partial charge in [-0.15, -0.1) is 0 Å². The van der Waals surface area contributed by atoms with Crippen molar-refractivity contribution >= 4 is 9.84 Å². The molecule has 0 spiro atoms. The number of unbranched alkanes of at least 4 members (excludes halogenated alkanes) is 1. The van der Waals surface area contributed by atoms with Crippen LogP contribution in [0.4, 0.5) is 0 Å². The van der Waals surface area contributed by atoms with Crippen molar-refractivity contribution in [1.29, 1.82) is 0 Å². The molecule has 4 heteroatoms. The second kappa shape index (κ2) is 6.60. The van der Waals surface area contributed by atoms with Crippen LogP contribution in [0.2, 0.25) is 0 Å². The van der Waals surface area contributed by atoms with Gasteiger partial charge in [-0.1, -0.05) is 26.7 Å². The Morgan fingerprint density at radius 1 is 1.19 bits per heavy atom. The van der Waals surface area contributed by atoms with Crippen LogP contribution in [0.25, 0.3) is 0 Å². The molecule has 1 aliphatic rings. The van der Waals surface area contributed by atoms with E-state index in [9.17, 15) is 8.42 Å². The molecule has 0 aromatic rings. The highest BCUT2D eigenvalue weighted by molar-refractivity contribution is 7.91. The fourth-order valence-corrected chi connectivity index (χ4v) is 3.57. The van der Waals surface area contributed by atoms with Gasteiger partial charge >= 0.3 is 0 Å². The fourth-order valence-electron chi connectivity index (χ4n) is 2.08. The Morgan fingerprint density at radius 3 is 2.38 bits per heavy atom. The van der Waals surface area contributed by atoms with E-state index < -0.39 is 9.84 Å². The topological polar surface area (TPSA) is 46.2 Å². The van der Waals surface area contributed by atoms with Crippen LogP contribution in [0.15, 0.2) is 0 Å². The van der Waals surface area contributed by atoms with Crippen molar-refractivity contribution in [2.45, 2.75) is 52.0 Å². The molecule has 1 rings (SSSR count). The van der Waals surface area contributed by atoms with E-state index in [0.29, 0.717) is 17.5 Å². The van der Waals surface area contributed by atoms with E-state index in [1.54, 1.807) is 0 Å². The lowest BCUT2D eigenvalue weighted by molar-refractivity contribution is 0.445. The van der Waals surface area contributed by atoms with E-state index in [4.69, 9.17) is 0 Å². The molecular formula is C12H25NO2S. The molecule has 0 aromatic heterocycles. The first-order valence-corrected chi connectivity index (χ1v) is 8.25. The molecule has 0 aliphatic carbocycles. The fraction of sp³-hybridized carbons (Fsp3) is 1.00. The van der Waals surface area contributed by atoms with Crippen molar-refractivity contribution in [3.8, 4) is 0 Å². The third-order valence-electron chi connectivity index (χ3n) is 3.20. The van der Waals surface area contributed by atoms with E-state index in [2.05, 4.69) is 19.2 Å². The maximum absolute atomic E-state index is 11.2. The zero-order valence-electron chi connectivity index (χ0n) is 10.5. The van der Waals surface area contributed by atoms with Crippen LogP contribution in [0, 0.1) is 5.92 Å². The lowest BCUT2D eigenvalue weighted by Crippen LogP contribution is -2.37. The van der Waals surface area contributed by atoms with Crippen LogP contribution in [0.5, 0.6) is 0 Å². The average Bonchev–Trinajstić information content (AvgIpc) is 2.19. The average molecular weight is 247 g/mol. The maximum Gasteiger partial charge on any atom is 0.150 e. The molecule has 0 bridgehead atoms. The highest BCUT2D eigenvalue weighted by Gasteiger charge is 2.22. The predicted octanol–water partition coefficient (Wildman–Crippen LogP) is 1.98. The standard InChI is InChI=1S/C12H25NO2S/c1-11(2)5-3-4-8-13-12-6-9-16(14,15)10-7-12/h11-13H,3-10H2,1-2H3. The molecule has 0 unspecified atom stereocenters. The summed E-state index contributed by atoms with van der Waals surface area (Å²) in [6, 6.07) is 0.433. The third-order valence-corrected chi connectivity index (χ3v) is 4.91. The van der Waals surface area contributed by atoms with Crippen molar-refractivity contribution in [1.82, 2.24) is 5.32 Å². The molecule has 0 aromatic carbocycles. The predicted molar refractivity (Wildman–Crippen MR) is 68.4 cm³/mol. The van der Waals surface area contributed by atoms with Crippen molar-refractivity contribution in [2.24, 2.45) is 5.92 Å². The molecule has 1 N–H and O–H groups in total. The van der Waals surface area contributed by atoms with Crippen LogP contribution < -0.4 is 5.32 Å². The van der Waals surface area contributed by atoms with Gasteiger partial charge in [0.15, 0.2) is 0 Å². The number of nitrogens with one attached hydrogen (secondary N) is 1. The second-order valence-corrected chi connectivity index (χ2v) is 7.57. The summed E-state index contributed by atoms with van der Waals surface area (Å²) in [5, 5.41) is 3.47. The molecule has 0 radical (unpaired) electrons. The largest absolute Gasteiger partial charge is 0.314 e. The monoisotopic (exact) mass is 247 g/mol. The SMILES string of the molecule is CC(C)CCCCNC1CCS(=O)(=O)CC1. The van der Waals surface area contributed by atoms with Crippen molar-refractivity contribution in [3.63, 3.8) is 0 Å². The Balaban J connectivity index is 2.02. The van der Waals surface area contributed by atoms with Gasteiger partial charge in [0.05, 0.1) is 11.5 Å². The highest BCUT2D eigenvalue weighted by Crippen LogP contribution is 2.12. The molecule has 3 nitrogen and oxygen atoms in total. The summed E-state index contributed by atoms with van der Waals surface area (Å²) in [6.07, 6.45) is 5.37. The Labute approximate surface area is 99.9 Å². The lowest BCUT2D eigenvalue weighted by atomic mass is 10.1. The number of hydrogen-bond acceptors (Lipinski definition) is 3. The first-order valence-electron chi connectivity index (χ1n) is 6.43. The Kier molecular flexibility index (Phi) is 5.76. The second-order valence-electron chi connectivity index (χ2n) is 5.27. The molecule has 1 heterocycles. The van der Waals surface area contributed by atoms with Crippen molar-refractivity contribution in [3.05, 3.63) is 0 Å². The van der Waals surface area contributed by atoms with Crippen LogP contribution in [-0.4, -0.2) is 32.5 Å². The normalized spacial score (nSPS) is 21.4. The van der Waals surface area contributed by atoms with E-state index in [0.717, 1.165) is 25.3 Å². The van der Waals surface area contributed by atoms with Gasteiger partial charge in [-0.2, -0.15) is 0 Å². The van der Waals surface area contributed by atoms with Gasteiger partial charge in [0, 0.05) is 6.04 Å². The third kappa shape index (κ3) is 5.85. The molecule has 16 heavy (non-hydrogen) atoms. The van der Waals surface area contributed by atoms with Crippen LogP contribution >= 0.6 is 0 Å². The molecule has 0 amide bonds. The van der Waals surface area contributed by atoms with Crippen molar-refractivity contribution in [2.75, 3.05) is 18.1 Å². The smallest absolute Gasteiger partial charge is 0.150 e. The van der Waals surface area contributed by atoms with Gasteiger partial charge in [0.25, 0.3) is 0 Å². The zero-order chi connectivity index (χ0) is 12.0. The van der Waals surface area contributed by atoms with Gasteiger partial charge in [0.1, 0.15) is 9.84 Å². The van der Waals surface area contributed by atoms with Crippen LogP contribution in [-0.2, 0) is 9.84 Å². The highest BCUT2D eigenvalue weighted by atomic mass is 32.2. The lowest BCUT2D eigenvalue weighted by Gasteiger charge is -2.23. The number of hydrogen-bond donors (Lipinski definition) is 1.